The zero-order valence-corrected chi connectivity index (χ0v) is 61.0. The summed E-state index contributed by atoms with van der Waals surface area (Å²) in [6, 6.07) is -0.245. The molecule has 89 heavy (non-hydrogen) atoms. The molecule has 7 heteroatoms. The number of aliphatic hydroxyl groups is 1. The van der Waals surface area contributed by atoms with Gasteiger partial charge < -0.3 is 19.5 Å². The number of nitrogens with zero attached hydrogens (tertiary/aromatic N) is 2. The standard InChI is InChI=1S/C82H156N2O5/c1-8-13-18-23-27-30-33-35-37-39-41-44-47-50-54-61-70-79(71-62-55-51-48-45-42-40-38-36-34-31-28-24-19-14-9-2)89-82(87)80(83(6)7)72-63-65-74-84(76-78(85)69-60-53-49-46-43-32-29-25-20-15-10-3)73-64-56-57-66-75-88-81(86)77(67-58-22-17-12-5)68-59-52-26-21-16-11-4/h27-28,30-31,35-38,77-80,85H,8-26,29,32-34,39-76H2,1-7H3/b30-27+,31-28+,37-35+,38-36+. The van der Waals surface area contributed by atoms with Crippen LogP contribution < -0.4 is 0 Å². The second-order valence-corrected chi connectivity index (χ2v) is 27.7. The number of allylic oxidation sites excluding steroid dienone is 8. The van der Waals surface area contributed by atoms with Crippen LogP contribution in [-0.4, -0.2) is 85.4 Å². The Labute approximate surface area is 556 Å². The van der Waals surface area contributed by atoms with Crippen LogP contribution in [0.15, 0.2) is 48.6 Å². The van der Waals surface area contributed by atoms with Crippen molar-refractivity contribution in [3.63, 3.8) is 0 Å². The summed E-state index contributed by atoms with van der Waals surface area (Å²) in [6.07, 6.45) is 86.8. The fourth-order valence-electron chi connectivity index (χ4n) is 12.7. The number of hydrogen-bond acceptors (Lipinski definition) is 7. The third-order valence-electron chi connectivity index (χ3n) is 18.7. The van der Waals surface area contributed by atoms with Crippen LogP contribution in [0.5, 0.6) is 0 Å². The average molecular weight is 1250 g/mol. The number of hydrogen-bond donors (Lipinski definition) is 1. The summed E-state index contributed by atoms with van der Waals surface area (Å²) >= 11 is 0. The van der Waals surface area contributed by atoms with Gasteiger partial charge in [-0.3, -0.25) is 14.5 Å². The Balaban J connectivity index is 5.44. The molecule has 524 valence electrons. The molecular weight excluding hydrogens is 1090 g/mol. The number of esters is 2. The number of carbonyl (C=O) groups is 2. The largest absolute Gasteiger partial charge is 0.465 e. The van der Waals surface area contributed by atoms with Crippen LogP contribution >= 0.6 is 0 Å². The summed E-state index contributed by atoms with van der Waals surface area (Å²) in [5.41, 5.74) is 0. The van der Waals surface area contributed by atoms with Crippen LogP contribution in [0.3, 0.4) is 0 Å². The van der Waals surface area contributed by atoms with E-state index >= 15 is 0 Å². The van der Waals surface area contributed by atoms with Gasteiger partial charge in [-0.2, -0.15) is 0 Å². The van der Waals surface area contributed by atoms with E-state index in [0.717, 1.165) is 142 Å². The summed E-state index contributed by atoms with van der Waals surface area (Å²) in [5.74, 6) is 0.0684. The average Bonchev–Trinajstić information content (AvgIpc) is 3.63. The van der Waals surface area contributed by atoms with Crippen molar-refractivity contribution in [3.8, 4) is 0 Å². The Bertz CT molecular complexity index is 1510. The van der Waals surface area contributed by atoms with Gasteiger partial charge in [0.25, 0.3) is 0 Å². The van der Waals surface area contributed by atoms with E-state index in [2.05, 4.69) is 93.0 Å². The summed E-state index contributed by atoms with van der Waals surface area (Å²) in [7, 11) is 4.10. The van der Waals surface area contributed by atoms with Crippen molar-refractivity contribution in [1.82, 2.24) is 9.80 Å². The van der Waals surface area contributed by atoms with Crippen LogP contribution in [0, 0.1) is 5.92 Å². The van der Waals surface area contributed by atoms with Crippen molar-refractivity contribution in [1.29, 1.82) is 0 Å². The van der Waals surface area contributed by atoms with E-state index in [1.54, 1.807) is 0 Å². The summed E-state index contributed by atoms with van der Waals surface area (Å²) in [5, 5.41) is 11.4. The molecule has 0 heterocycles. The van der Waals surface area contributed by atoms with Gasteiger partial charge in [-0.1, -0.05) is 314 Å². The number of likely N-dealkylation sites (N-methyl/N-ethyl adjacent to an activating group) is 1. The Morgan fingerprint density at radius 1 is 0.348 bits per heavy atom. The SMILES string of the molecule is CCCCC/C=C/C/C=C/CCCCCCCCC(CCCCCCCC/C=C/C/C=C/CCCCC)OC(=O)C(CCCCN(CCCCCCOC(=O)C(CCCCCC)CCCCCCCC)CC(O)CCCCCCCCCCCCC)N(C)C. The monoisotopic (exact) mass is 1250 g/mol. The van der Waals surface area contributed by atoms with Crippen molar-refractivity contribution < 1.29 is 24.2 Å². The van der Waals surface area contributed by atoms with Crippen molar-refractivity contribution in [2.24, 2.45) is 5.92 Å². The molecule has 0 saturated heterocycles. The summed E-state index contributed by atoms with van der Waals surface area (Å²) in [6.45, 7) is 14.5. The van der Waals surface area contributed by atoms with Gasteiger partial charge in [0.1, 0.15) is 12.1 Å². The first-order valence-electron chi connectivity index (χ1n) is 39.8. The third kappa shape index (κ3) is 63.0. The second kappa shape index (κ2) is 71.6. The van der Waals surface area contributed by atoms with E-state index in [-0.39, 0.29) is 36.1 Å². The maximum Gasteiger partial charge on any atom is 0.323 e. The second-order valence-electron chi connectivity index (χ2n) is 27.7. The molecule has 0 spiro atoms. The number of rotatable bonds is 72. The zero-order valence-electron chi connectivity index (χ0n) is 61.0. The molecule has 0 amide bonds. The molecule has 0 aromatic heterocycles. The summed E-state index contributed by atoms with van der Waals surface area (Å²) in [4.78, 5) is 32.1. The Hall–Kier alpha value is -2.22. The lowest BCUT2D eigenvalue weighted by atomic mass is 9.94. The molecule has 0 aromatic rings. The molecule has 0 radical (unpaired) electrons. The molecule has 0 rings (SSSR count). The molecule has 0 aliphatic heterocycles. The smallest absolute Gasteiger partial charge is 0.323 e. The van der Waals surface area contributed by atoms with E-state index in [0.29, 0.717) is 6.61 Å². The number of aliphatic hydroxyl groups excluding tert-OH is 1. The Morgan fingerprint density at radius 3 is 1.09 bits per heavy atom. The first kappa shape index (κ1) is 86.8. The van der Waals surface area contributed by atoms with Gasteiger partial charge >= 0.3 is 11.9 Å². The van der Waals surface area contributed by atoms with Crippen LogP contribution in [-0.2, 0) is 19.1 Å². The minimum Gasteiger partial charge on any atom is -0.465 e. The van der Waals surface area contributed by atoms with Gasteiger partial charge in [0, 0.05) is 6.54 Å². The molecule has 1 N–H and O–H groups in total. The topological polar surface area (TPSA) is 79.3 Å². The minimum absolute atomic E-state index is 0.00175. The van der Waals surface area contributed by atoms with Gasteiger partial charge in [0.05, 0.1) is 18.6 Å². The van der Waals surface area contributed by atoms with Gasteiger partial charge in [-0.15, -0.1) is 0 Å². The van der Waals surface area contributed by atoms with E-state index in [1.165, 1.54) is 244 Å². The van der Waals surface area contributed by atoms with E-state index in [4.69, 9.17) is 9.47 Å². The molecular formula is C82H156N2O5. The maximum absolute atomic E-state index is 14.2. The van der Waals surface area contributed by atoms with Crippen molar-refractivity contribution in [3.05, 3.63) is 48.6 Å². The quantitative estimate of drug-likeness (QED) is 0.0369. The normalized spacial score (nSPS) is 13.3. The van der Waals surface area contributed by atoms with Crippen LogP contribution in [0.1, 0.15) is 401 Å². The third-order valence-corrected chi connectivity index (χ3v) is 18.7. The molecule has 0 fully saturated rings. The van der Waals surface area contributed by atoms with Crippen LogP contribution in [0.2, 0.25) is 0 Å². The number of ether oxygens (including phenoxy) is 2. The molecule has 7 nitrogen and oxygen atoms in total. The lowest BCUT2D eigenvalue weighted by molar-refractivity contribution is -0.155. The summed E-state index contributed by atoms with van der Waals surface area (Å²) < 4.78 is 12.5. The Morgan fingerprint density at radius 2 is 0.663 bits per heavy atom. The predicted octanol–water partition coefficient (Wildman–Crippen LogP) is 25.2. The highest BCUT2D eigenvalue weighted by Gasteiger charge is 2.26. The van der Waals surface area contributed by atoms with Crippen molar-refractivity contribution >= 4 is 11.9 Å². The molecule has 0 saturated carbocycles. The van der Waals surface area contributed by atoms with Gasteiger partial charge in [-0.25, -0.2) is 0 Å². The number of carbonyl (C=O) groups excluding carboxylic acids is 2. The van der Waals surface area contributed by atoms with E-state index in [1.807, 2.05) is 14.1 Å². The fraction of sp³-hybridized carbons (Fsp3) is 0.878. The fourth-order valence-corrected chi connectivity index (χ4v) is 12.7. The zero-order chi connectivity index (χ0) is 64.8. The lowest BCUT2D eigenvalue weighted by Gasteiger charge is -2.27. The highest BCUT2D eigenvalue weighted by atomic mass is 16.5. The van der Waals surface area contributed by atoms with Crippen LogP contribution in [0.25, 0.3) is 0 Å². The molecule has 0 aromatic carbocycles. The van der Waals surface area contributed by atoms with Crippen molar-refractivity contribution in [2.75, 3.05) is 40.3 Å². The minimum atomic E-state index is -0.310. The van der Waals surface area contributed by atoms with Gasteiger partial charge in [-0.05, 0) is 162 Å². The van der Waals surface area contributed by atoms with E-state index in [9.17, 15) is 14.7 Å². The highest BCUT2D eigenvalue weighted by molar-refractivity contribution is 5.76. The Kier molecular flexibility index (Phi) is 69.8. The van der Waals surface area contributed by atoms with E-state index < -0.39 is 0 Å². The lowest BCUT2D eigenvalue weighted by Crippen LogP contribution is -2.39. The molecule has 3 unspecified atom stereocenters. The first-order valence-corrected chi connectivity index (χ1v) is 39.8. The van der Waals surface area contributed by atoms with Gasteiger partial charge in [0.2, 0.25) is 0 Å². The molecule has 0 aliphatic rings. The first-order chi connectivity index (χ1) is 43.7. The van der Waals surface area contributed by atoms with Gasteiger partial charge in [0.15, 0.2) is 0 Å². The molecule has 0 bridgehead atoms. The highest BCUT2D eigenvalue weighted by Crippen LogP contribution is 2.23. The number of unbranched alkanes of at least 4 members (excludes halogenated alkanes) is 40. The van der Waals surface area contributed by atoms with Crippen LogP contribution in [0.4, 0.5) is 0 Å². The molecule has 3 atom stereocenters. The maximum atomic E-state index is 14.2. The van der Waals surface area contributed by atoms with Crippen molar-refractivity contribution in [2.45, 2.75) is 419 Å². The predicted molar refractivity (Wildman–Crippen MR) is 392 cm³/mol. The molecule has 0 aliphatic carbocycles.